The van der Waals surface area contributed by atoms with E-state index >= 15 is 0 Å². The molecular formula is C5H6N2O. The van der Waals surface area contributed by atoms with Gasteiger partial charge in [0.2, 0.25) is 5.91 Å². The van der Waals surface area contributed by atoms with Crippen LogP contribution in [0.1, 0.15) is 6.42 Å². The van der Waals surface area contributed by atoms with E-state index in [1.807, 2.05) is 6.07 Å². The molecule has 0 radical (unpaired) electrons. The van der Waals surface area contributed by atoms with Gasteiger partial charge in [-0.2, -0.15) is 5.26 Å². The highest BCUT2D eigenvalue weighted by Gasteiger charge is 2.19. The standard InChI is InChI=1S/C5H6N2O/c6-2-4-1-5(8)7-3-4/h4H,1,3H2,(H,7,8)/t4-/m0/s1. The minimum absolute atomic E-state index is 0.00319. The topological polar surface area (TPSA) is 52.9 Å². The first-order chi connectivity index (χ1) is 3.83. The average molecular weight is 110 g/mol. The van der Waals surface area contributed by atoms with Crippen LogP contribution in [0.3, 0.4) is 0 Å². The van der Waals surface area contributed by atoms with Gasteiger partial charge in [-0.3, -0.25) is 4.79 Å². The maximum Gasteiger partial charge on any atom is 0.221 e. The van der Waals surface area contributed by atoms with E-state index < -0.39 is 0 Å². The van der Waals surface area contributed by atoms with Crippen LogP contribution in [0.15, 0.2) is 0 Å². The largest absolute Gasteiger partial charge is 0.355 e. The third kappa shape index (κ3) is 0.784. The quantitative estimate of drug-likeness (QED) is 0.463. The Morgan fingerprint density at radius 3 is 2.88 bits per heavy atom. The Kier molecular flexibility index (Phi) is 1.17. The second-order valence-electron chi connectivity index (χ2n) is 1.83. The van der Waals surface area contributed by atoms with E-state index in [4.69, 9.17) is 5.26 Å². The van der Waals surface area contributed by atoms with Crippen molar-refractivity contribution in [3.63, 3.8) is 0 Å². The van der Waals surface area contributed by atoms with E-state index in [1.54, 1.807) is 0 Å². The highest BCUT2D eigenvalue weighted by Crippen LogP contribution is 2.05. The Labute approximate surface area is 47.3 Å². The van der Waals surface area contributed by atoms with E-state index in [0.29, 0.717) is 13.0 Å². The Morgan fingerprint density at radius 2 is 2.62 bits per heavy atom. The third-order valence-corrected chi connectivity index (χ3v) is 1.16. The molecule has 1 aliphatic rings. The van der Waals surface area contributed by atoms with Crippen molar-refractivity contribution in [3.8, 4) is 6.07 Å². The van der Waals surface area contributed by atoms with Gasteiger partial charge in [-0.15, -0.1) is 0 Å². The molecule has 1 atom stereocenters. The Balaban J connectivity index is 2.47. The molecule has 1 amide bonds. The number of rotatable bonds is 0. The zero-order chi connectivity index (χ0) is 5.98. The molecule has 0 unspecified atom stereocenters. The predicted octanol–water partition coefficient (Wildman–Crippen LogP) is -0.354. The number of hydrogen-bond donors (Lipinski definition) is 1. The lowest BCUT2D eigenvalue weighted by Gasteiger charge is -1.85. The zero-order valence-corrected chi connectivity index (χ0v) is 4.35. The van der Waals surface area contributed by atoms with Gasteiger partial charge in [0.25, 0.3) is 0 Å². The van der Waals surface area contributed by atoms with Crippen LogP contribution in [0, 0.1) is 17.2 Å². The van der Waals surface area contributed by atoms with Gasteiger partial charge in [-0.05, 0) is 0 Å². The van der Waals surface area contributed by atoms with Crippen LogP contribution in [0.25, 0.3) is 0 Å². The van der Waals surface area contributed by atoms with Crippen molar-refractivity contribution in [2.24, 2.45) is 5.92 Å². The summed E-state index contributed by atoms with van der Waals surface area (Å²) in [4.78, 5) is 10.4. The molecule has 0 spiro atoms. The SMILES string of the molecule is N#C[C@H]1CNC(=O)C1. The van der Waals surface area contributed by atoms with Gasteiger partial charge in [-0.25, -0.2) is 0 Å². The fraction of sp³-hybridized carbons (Fsp3) is 0.600. The molecule has 0 aromatic rings. The van der Waals surface area contributed by atoms with E-state index in [-0.39, 0.29) is 11.8 Å². The summed E-state index contributed by atoms with van der Waals surface area (Å²) in [5.74, 6) is -0.0842. The number of nitriles is 1. The van der Waals surface area contributed by atoms with Crippen LogP contribution >= 0.6 is 0 Å². The van der Waals surface area contributed by atoms with Crippen LogP contribution in [-0.2, 0) is 4.79 Å². The van der Waals surface area contributed by atoms with Gasteiger partial charge in [0, 0.05) is 13.0 Å². The lowest BCUT2D eigenvalue weighted by Crippen LogP contribution is -2.13. The molecule has 1 saturated heterocycles. The smallest absolute Gasteiger partial charge is 0.221 e. The molecule has 1 aliphatic heterocycles. The van der Waals surface area contributed by atoms with Crippen molar-refractivity contribution in [3.05, 3.63) is 0 Å². The molecular weight excluding hydrogens is 104 g/mol. The van der Waals surface area contributed by atoms with Crippen LogP contribution in [0.5, 0.6) is 0 Å². The van der Waals surface area contributed by atoms with Gasteiger partial charge in [0.05, 0.1) is 12.0 Å². The Hall–Kier alpha value is -1.04. The molecule has 1 fully saturated rings. The van der Waals surface area contributed by atoms with E-state index in [1.165, 1.54) is 0 Å². The third-order valence-electron chi connectivity index (χ3n) is 1.16. The second kappa shape index (κ2) is 1.83. The van der Waals surface area contributed by atoms with Crippen LogP contribution in [0.4, 0.5) is 0 Å². The summed E-state index contributed by atoms with van der Waals surface area (Å²) in [5.41, 5.74) is 0. The summed E-state index contributed by atoms with van der Waals surface area (Å²) >= 11 is 0. The molecule has 1 heterocycles. The van der Waals surface area contributed by atoms with Gasteiger partial charge in [0.15, 0.2) is 0 Å². The van der Waals surface area contributed by atoms with Gasteiger partial charge < -0.3 is 5.32 Å². The van der Waals surface area contributed by atoms with Crippen LogP contribution in [0.2, 0.25) is 0 Å². The molecule has 0 bridgehead atoms. The van der Waals surface area contributed by atoms with Crippen molar-refractivity contribution < 1.29 is 4.79 Å². The fourth-order valence-electron chi connectivity index (χ4n) is 0.696. The van der Waals surface area contributed by atoms with E-state index in [0.717, 1.165) is 0 Å². The number of carbonyl (C=O) groups is 1. The highest BCUT2D eigenvalue weighted by atomic mass is 16.1. The fourth-order valence-corrected chi connectivity index (χ4v) is 0.696. The van der Waals surface area contributed by atoms with Gasteiger partial charge >= 0.3 is 0 Å². The molecule has 0 aromatic heterocycles. The minimum Gasteiger partial charge on any atom is -0.355 e. The summed E-state index contributed by atoms with van der Waals surface area (Å²) in [7, 11) is 0. The van der Waals surface area contributed by atoms with Crippen LogP contribution in [-0.4, -0.2) is 12.5 Å². The molecule has 3 heteroatoms. The zero-order valence-electron chi connectivity index (χ0n) is 4.35. The van der Waals surface area contributed by atoms with Crippen molar-refractivity contribution in [2.75, 3.05) is 6.54 Å². The molecule has 1 rings (SSSR count). The molecule has 3 nitrogen and oxygen atoms in total. The monoisotopic (exact) mass is 110 g/mol. The van der Waals surface area contributed by atoms with Crippen LogP contribution < -0.4 is 5.32 Å². The summed E-state index contributed by atoms with van der Waals surface area (Å²) in [6.45, 7) is 0.537. The lowest BCUT2D eigenvalue weighted by molar-refractivity contribution is -0.119. The first-order valence-corrected chi connectivity index (χ1v) is 2.49. The maximum atomic E-state index is 10.4. The number of hydrogen-bond acceptors (Lipinski definition) is 2. The molecule has 8 heavy (non-hydrogen) atoms. The molecule has 0 aromatic carbocycles. The van der Waals surface area contributed by atoms with Crippen molar-refractivity contribution >= 4 is 5.91 Å². The predicted molar refractivity (Wildman–Crippen MR) is 26.7 cm³/mol. The molecule has 0 aliphatic carbocycles. The van der Waals surface area contributed by atoms with E-state index in [2.05, 4.69) is 5.32 Å². The average Bonchev–Trinajstić information content (AvgIpc) is 2.14. The Morgan fingerprint density at radius 1 is 1.88 bits per heavy atom. The van der Waals surface area contributed by atoms with Gasteiger partial charge in [0.1, 0.15) is 0 Å². The maximum absolute atomic E-state index is 10.4. The Bertz CT molecular complexity index is 147. The second-order valence-corrected chi connectivity index (χ2v) is 1.83. The normalized spacial score (nSPS) is 26.9. The summed E-state index contributed by atoms with van der Waals surface area (Å²) in [5, 5.41) is 10.8. The number of nitrogens with zero attached hydrogens (tertiary/aromatic N) is 1. The number of nitrogens with one attached hydrogen (secondary N) is 1. The molecule has 0 saturated carbocycles. The summed E-state index contributed by atoms with van der Waals surface area (Å²) in [6.07, 6.45) is 0.385. The highest BCUT2D eigenvalue weighted by molar-refractivity contribution is 5.78. The first-order valence-electron chi connectivity index (χ1n) is 2.49. The van der Waals surface area contributed by atoms with Crippen molar-refractivity contribution in [2.45, 2.75) is 6.42 Å². The minimum atomic E-state index is -0.0810. The number of amides is 1. The number of carbonyl (C=O) groups excluding carboxylic acids is 1. The van der Waals surface area contributed by atoms with E-state index in [9.17, 15) is 4.79 Å². The van der Waals surface area contributed by atoms with Gasteiger partial charge in [-0.1, -0.05) is 0 Å². The first kappa shape index (κ1) is 5.10. The summed E-state index contributed by atoms with van der Waals surface area (Å²) in [6, 6.07) is 2.01. The summed E-state index contributed by atoms with van der Waals surface area (Å²) < 4.78 is 0. The van der Waals surface area contributed by atoms with Crippen molar-refractivity contribution in [1.82, 2.24) is 5.32 Å². The molecule has 42 valence electrons. The molecule has 1 N–H and O–H groups in total. The van der Waals surface area contributed by atoms with Crippen molar-refractivity contribution in [1.29, 1.82) is 5.26 Å². The lowest BCUT2D eigenvalue weighted by atomic mass is 10.1.